The molecule has 8 nitrogen and oxygen atoms in total. The summed E-state index contributed by atoms with van der Waals surface area (Å²) in [5, 5.41) is 4.13. The van der Waals surface area contributed by atoms with Gasteiger partial charge in [-0.1, -0.05) is 24.2 Å². The SMILES string of the molecule is COc1cc(-c2noc(-c3ccccc3C(=O)N3CCC(C)CC3)n2)cc(OC)c1OC. The lowest BCUT2D eigenvalue weighted by Gasteiger charge is -2.30. The molecular formula is C24H27N3O5. The monoisotopic (exact) mass is 437 g/mol. The molecule has 1 saturated heterocycles. The van der Waals surface area contributed by atoms with Crippen molar-refractivity contribution in [3.8, 4) is 40.1 Å². The maximum absolute atomic E-state index is 13.2. The molecule has 3 aromatic rings. The third-order valence-electron chi connectivity index (χ3n) is 5.81. The maximum atomic E-state index is 13.2. The molecule has 32 heavy (non-hydrogen) atoms. The highest BCUT2D eigenvalue weighted by Gasteiger charge is 2.25. The van der Waals surface area contributed by atoms with Crippen LogP contribution in [0.3, 0.4) is 0 Å². The lowest BCUT2D eigenvalue weighted by atomic mass is 9.98. The van der Waals surface area contributed by atoms with Crippen LogP contribution in [0.4, 0.5) is 0 Å². The summed E-state index contributed by atoms with van der Waals surface area (Å²) in [6.07, 6.45) is 2.03. The van der Waals surface area contributed by atoms with Crippen LogP contribution >= 0.6 is 0 Å². The molecule has 8 heteroatoms. The number of aromatic nitrogens is 2. The number of benzene rings is 2. The molecule has 2 heterocycles. The van der Waals surface area contributed by atoms with Crippen LogP contribution in [0.25, 0.3) is 22.8 Å². The maximum Gasteiger partial charge on any atom is 0.259 e. The molecule has 0 aliphatic carbocycles. The first-order chi connectivity index (χ1) is 15.5. The van der Waals surface area contributed by atoms with Gasteiger partial charge in [-0.25, -0.2) is 0 Å². The summed E-state index contributed by atoms with van der Waals surface area (Å²) in [6.45, 7) is 3.74. The summed E-state index contributed by atoms with van der Waals surface area (Å²) in [4.78, 5) is 19.7. The van der Waals surface area contributed by atoms with E-state index in [1.165, 1.54) is 0 Å². The van der Waals surface area contributed by atoms with Gasteiger partial charge in [0, 0.05) is 18.7 Å². The van der Waals surface area contributed by atoms with Gasteiger partial charge in [0.2, 0.25) is 11.6 Å². The second-order valence-corrected chi connectivity index (χ2v) is 7.86. The highest BCUT2D eigenvalue weighted by molar-refractivity contribution is 6.00. The van der Waals surface area contributed by atoms with E-state index in [0.717, 1.165) is 25.9 Å². The van der Waals surface area contributed by atoms with Crippen LogP contribution in [0.2, 0.25) is 0 Å². The minimum absolute atomic E-state index is 0.0139. The smallest absolute Gasteiger partial charge is 0.259 e. The summed E-state index contributed by atoms with van der Waals surface area (Å²) < 4.78 is 21.8. The molecule has 1 aromatic heterocycles. The van der Waals surface area contributed by atoms with Crippen molar-refractivity contribution in [1.82, 2.24) is 15.0 Å². The van der Waals surface area contributed by atoms with Crippen molar-refractivity contribution in [2.45, 2.75) is 19.8 Å². The molecule has 4 rings (SSSR count). The van der Waals surface area contributed by atoms with Gasteiger partial charge >= 0.3 is 0 Å². The average Bonchev–Trinajstić information content (AvgIpc) is 3.33. The van der Waals surface area contributed by atoms with Crippen LogP contribution in [0.5, 0.6) is 17.2 Å². The van der Waals surface area contributed by atoms with Gasteiger partial charge in [0.15, 0.2) is 11.5 Å². The Labute approximate surface area is 187 Å². The van der Waals surface area contributed by atoms with Crippen LogP contribution in [-0.2, 0) is 0 Å². The normalized spacial score (nSPS) is 14.3. The third-order valence-corrected chi connectivity index (χ3v) is 5.81. The minimum Gasteiger partial charge on any atom is -0.493 e. The van der Waals surface area contributed by atoms with Crippen molar-refractivity contribution in [3.63, 3.8) is 0 Å². The van der Waals surface area contributed by atoms with Crippen LogP contribution in [0, 0.1) is 5.92 Å². The Bertz CT molecular complexity index is 1080. The van der Waals surface area contributed by atoms with Gasteiger partial charge in [-0.05, 0) is 43.0 Å². The molecule has 0 spiro atoms. The first-order valence-electron chi connectivity index (χ1n) is 10.6. The van der Waals surface area contributed by atoms with Crippen LogP contribution in [-0.4, -0.2) is 55.4 Å². The zero-order chi connectivity index (χ0) is 22.7. The molecule has 0 unspecified atom stereocenters. The van der Waals surface area contributed by atoms with Crippen LogP contribution < -0.4 is 14.2 Å². The molecule has 0 atom stereocenters. The number of likely N-dealkylation sites (tertiary alicyclic amines) is 1. The molecule has 0 N–H and O–H groups in total. The second-order valence-electron chi connectivity index (χ2n) is 7.86. The van der Waals surface area contributed by atoms with Crippen LogP contribution in [0.1, 0.15) is 30.1 Å². The number of methoxy groups -OCH3 is 3. The molecule has 168 valence electrons. The number of carbonyl (C=O) groups excluding carboxylic acids is 1. The van der Waals surface area contributed by atoms with E-state index in [1.807, 2.05) is 23.1 Å². The standard InChI is InChI=1S/C24H27N3O5/c1-15-9-11-27(12-10-15)24(28)18-8-6-5-7-17(18)23-25-22(26-32-23)16-13-19(29-2)21(31-4)20(14-16)30-3/h5-8,13-15H,9-12H2,1-4H3. The van der Waals surface area contributed by atoms with Crippen molar-refractivity contribution >= 4 is 5.91 Å². The molecule has 1 aliphatic heterocycles. The van der Waals surface area contributed by atoms with Gasteiger partial charge in [-0.15, -0.1) is 0 Å². The number of hydrogen-bond acceptors (Lipinski definition) is 7. The number of nitrogens with zero attached hydrogens (tertiary/aromatic N) is 3. The van der Waals surface area contributed by atoms with E-state index in [2.05, 4.69) is 17.1 Å². The Hall–Kier alpha value is -3.55. The molecule has 1 amide bonds. The Kier molecular flexibility index (Phi) is 6.30. The fraction of sp³-hybridized carbons (Fsp3) is 0.375. The molecule has 0 saturated carbocycles. The fourth-order valence-corrected chi connectivity index (χ4v) is 3.90. The molecule has 1 aliphatic rings. The van der Waals surface area contributed by atoms with Crippen molar-refractivity contribution < 1.29 is 23.5 Å². The summed E-state index contributed by atoms with van der Waals surface area (Å²) in [6, 6.07) is 10.8. The third kappa shape index (κ3) is 4.12. The summed E-state index contributed by atoms with van der Waals surface area (Å²) in [7, 11) is 4.64. The number of hydrogen-bond donors (Lipinski definition) is 0. The fourth-order valence-electron chi connectivity index (χ4n) is 3.90. The minimum atomic E-state index is -0.0139. The quantitative estimate of drug-likeness (QED) is 0.568. The highest BCUT2D eigenvalue weighted by atomic mass is 16.5. The van der Waals surface area contributed by atoms with Gasteiger partial charge in [0.05, 0.1) is 32.5 Å². The highest BCUT2D eigenvalue weighted by Crippen LogP contribution is 2.41. The number of carbonyl (C=O) groups is 1. The molecular weight excluding hydrogens is 410 g/mol. The first-order valence-corrected chi connectivity index (χ1v) is 10.6. The number of rotatable bonds is 6. The Morgan fingerprint density at radius 3 is 2.31 bits per heavy atom. The zero-order valence-electron chi connectivity index (χ0n) is 18.8. The summed E-state index contributed by atoms with van der Waals surface area (Å²) in [5.41, 5.74) is 1.81. The molecule has 0 bridgehead atoms. The lowest BCUT2D eigenvalue weighted by molar-refractivity contribution is 0.0697. The molecule has 1 fully saturated rings. The first kappa shape index (κ1) is 21.7. The van der Waals surface area contributed by atoms with Crippen molar-refractivity contribution in [2.75, 3.05) is 34.4 Å². The van der Waals surface area contributed by atoms with Gasteiger partial charge < -0.3 is 23.6 Å². The van der Waals surface area contributed by atoms with Gasteiger partial charge in [0.1, 0.15) is 0 Å². The van der Waals surface area contributed by atoms with Crippen molar-refractivity contribution in [3.05, 3.63) is 42.0 Å². The topological polar surface area (TPSA) is 86.9 Å². The summed E-state index contributed by atoms with van der Waals surface area (Å²) >= 11 is 0. The molecule has 0 radical (unpaired) electrons. The van der Waals surface area contributed by atoms with Crippen LogP contribution in [0.15, 0.2) is 40.9 Å². The van der Waals surface area contributed by atoms with E-state index < -0.39 is 0 Å². The number of ether oxygens (including phenoxy) is 3. The van der Waals surface area contributed by atoms with E-state index in [1.54, 1.807) is 39.5 Å². The number of piperidine rings is 1. The van der Waals surface area contributed by atoms with Crippen molar-refractivity contribution in [2.24, 2.45) is 5.92 Å². The summed E-state index contributed by atoms with van der Waals surface area (Å²) in [5.74, 6) is 2.73. The van der Waals surface area contributed by atoms with Gasteiger partial charge in [-0.3, -0.25) is 4.79 Å². The number of amides is 1. The van der Waals surface area contributed by atoms with Crippen molar-refractivity contribution in [1.29, 1.82) is 0 Å². The van der Waals surface area contributed by atoms with E-state index in [9.17, 15) is 4.79 Å². The Balaban J connectivity index is 1.67. The predicted octanol–water partition coefficient (Wildman–Crippen LogP) is 4.30. The van der Waals surface area contributed by atoms with Gasteiger partial charge in [-0.2, -0.15) is 4.98 Å². The predicted molar refractivity (Wildman–Crippen MR) is 119 cm³/mol. The van der Waals surface area contributed by atoms with Gasteiger partial charge in [0.25, 0.3) is 11.8 Å². The Morgan fingerprint density at radius 2 is 1.69 bits per heavy atom. The molecule has 2 aromatic carbocycles. The van der Waals surface area contributed by atoms with E-state index in [0.29, 0.717) is 45.7 Å². The zero-order valence-corrected chi connectivity index (χ0v) is 18.8. The van der Waals surface area contributed by atoms with E-state index in [4.69, 9.17) is 18.7 Å². The lowest BCUT2D eigenvalue weighted by Crippen LogP contribution is -2.38. The average molecular weight is 437 g/mol. The largest absolute Gasteiger partial charge is 0.493 e. The second kappa shape index (κ2) is 9.30. The van der Waals surface area contributed by atoms with E-state index in [-0.39, 0.29) is 11.8 Å². The van der Waals surface area contributed by atoms with E-state index >= 15 is 0 Å². The Morgan fingerprint density at radius 1 is 1.03 bits per heavy atom.